The standard InChI is InChI=1S/C12H16N2O4S3/c1-17-21(15,16)18-20-11(14)10(7-13)8-5-3-4-6-9(8)12(20)19-2/h3-6,14H2,1-2H3. The molecule has 116 valence electrons. The van der Waals surface area contributed by atoms with E-state index >= 15 is 0 Å². The van der Waals surface area contributed by atoms with Gasteiger partial charge in [0.2, 0.25) is 0 Å². The molecule has 1 aliphatic heterocycles. The van der Waals surface area contributed by atoms with Crippen molar-refractivity contribution >= 4 is 37.1 Å². The van der Waals surface area contributed by atoms with E-state index in [9.17, 15) is 13.7 Å². The molecule has 2 aliphatic rings. The predicted octanol–water partition coefficient (Wildman–Crippen LogP) is 2.15. The largest absolute Gasteiger partial charge is 0.410 e. The molecular formula is C12H16N2O4S3. The SMILES string of the molecule is COS(=O)(=O)OS1=C(SC)C2=C(CCCC2)C(C#N)=C1N. The topological polar surface area (TPSA) is 102 Å². The first-order valence-corrected chi connectivity index (χ1v) is 9.94. The average molecular weight is 348 g/mol. The number of nitriles is 1. The van der Waals surface area contributed by atoms with Gasteiger partial charge in [-0.2, -0.15) is 17.3 Å². The van der Waals surface area contributed by atoms with Gasteiger partial charge in [-0.25, -0.2) is 0 Å². The van der Waals surface area contributed by atoms with Crippen molar-refractivity contribution in [2.75, 3.05) is 13.4 Å². The highest BCUT2D eigenvalue weighted by Gasteiger charge is 2.31. The van der Waals surface area contributed by atoms with E-state index < -0.39 is 21.2 Å². The smallest absolute Gasteiger partial charge is 0.391 e. The number of nitrogens with two attached hydrogens (primary N) is 1. The summed E-state index contributed by atoms with van der Waals surface area (Å²) in [6.45, 7) is 0. The summed E-state index contributed by atoms with van der Waals surface area (Å²) in [5.74, 6) is 0. The molecule has 2 N–H and O–H groups in total. The van der Waals surface area contributed by atoms with E-state index in [0.717, 1.165) is 48.1 Å². The molecule has 9 heteroatoms. The molecule has 2 rings (SSSR count). The summed E-state index contributed by atoms with van der Waals surface area (Å²) >= 11 is 1.41. The highest BCUT2D eigenvalue weighted by atomic mass is 32.3. The Bertz CT molecular complexity index is 699. The fraction of sp³-hybridized carbons (Fsp3) is 0.500. The molecule has 0 radical (unpaired) electrons. The van der Waals surface area contributed by atoms with Crippen molar-refractivity contribution in [3.63, 3.8) is 0 Å². The zero-order chi connectivity index (χ0) is 15.6. The quantitative estimate of drug-likeness (QED) is 0.779. The van der Waals surface area contributed by atoms with Crippen LogP contribution < -0.4 is 5.73 Å². The van der Waals surface area contributed by atoms with Crippen molar-refractivity contribution in [1.82, 2.24) is 0 Å². The number of hydrogen-bond acceptors (Lipinski definition) is 7. The Morgan fingerprint density at radius 3 is 2.48 bits per heavy atom. The van der Waals surface area contributed by atoms with Crippen LogP contribution in [0, 0.1) is 11.3 Å². The molecule has 0 aromatic heterocycles. The highest BCUT2D eigenvalue weighted by Crippen LogP contribution is 2.46. The van der Waals surface area contributed by atoms with Gasteiger partial charge in [-0.15, -0.1) is 11.8 Å². The van der Waals surface area contributed by atoms with Crippen molar-refractivity contribution < 1.29 is 16.2 Å². The van der Waals surface area contributed by atoms with E-state index in [-0.39, 0.29) is 5.03 Å². The van der Waals surface area contributed by atoms with Gasteiger partial charge in [-0.3, -0.25) is 4.18 Å². The number of rotatable bonds is 3. The van der Waals surface area contributed by atoms with E-state index in [2.05, 4.69) is 10.3 Å². The van der Waals surface area contributed by atoms with Crippen LogP contribution in [0.4, 0.5) is 0 Å². The second-order valence-electron chi connectivity index (χ2n) is 4.42. The van der Waals surface area contributed by atoms with Crippen LogP contribution in [0.2, 0.25) is 0 Å². The molecule has 0 bridgehead atoms. The molecule has 0 aromatic carbocycles. The summed E-state index contributed by atoms with van der Waals surface area (Å²) < 4.78 is 33.4. The van der Waals surface area contributed by atoms with Gasteiger partial charge in [0.1, 0.15) is 11.1 Å². The molecule has 1 atom stereocenters. The fourth-order valence-electron chi connectivity index (χ4n) is 2.36. The lowest BCUT2D eigenvalue weighted by molar-refractivity contribution is 0.344. The lowest BCUT2D eigenvalue weighted by atomic mass is 9.88. The molecule has 0 spiro atoms. The van der Waals surface area contributed by atoms with Gasteiger partial charge in [0.15, 0.2) is 0 Å². The molecule has 0 fully saturated rings. The molecule has 1 heterocycles. The summed E-state index contributed by atoms with van der Waals surface area (Å²) in [4.78, 5) is 0. The first-order chi connectivity index (χ1) is 9.95. The minimum absolute atomic E-state index is 0.170. The van der Waals surface area contributed by atoms with Crippen molar-refractivity contribution in [3.8, 4) is 6.07 Å². The van der Waals surface area contributed by atoms with E-state index in [1.165, 1.54) is 11.8 Å². The zero-order valence-corrected chi connectivity index (χ0v) is 14.2. The second-order valence-corrected chi connectivity index (χ2v) is 8.57. The van der Waals surface area contributed by atoms with Gasteiger partial charge >= 0.3 is 10.4 Å². The van der Waals surface area contributed by atoms with Crippen LogP contribution in [0.1, 0.15) is 25.7 Å². The van der Waals surface area contributed by atoms with Crippen LogP contribution in [0.5, 0.6) is 0 Å². The van der Waals surface area contributed by atoms with Crippen molar-refractivity contribution in [1.29, 1.82) is 5.26 Å². The lowest BCUT2D eigenvalue weighted by Crippen LogP contribution is -2.20. The van der Waals surface area contributed by atoms with Crippen LogP contribution >= 0.6 is 22.5 Å². The molecule has 1 aliphatic carbocycles. The van der Waals surface area contributed by atoms with Gasteiger partial charge in [-0.1, -0.05) is 0 Å². The third-order valence-electron chi connectivity index (χ3n) is 3.28. The number of hydrogen-bond donors (Lipinski definition) is 1. The molecule has 0 aromatic rings. The average Bonchev–Trinajstić information content (AvgIpc) is 2.48. The van der Waals surface area contributed by atoms with Crippen LogP contribution in [0.25, 0.3) is 0 Å². The molecular weight excluding hydrogens is 332 g/mol. The predicted molar refractivity (Wildman–Crippen MR) is 85.4 cm³/mol. The molecule has 0 saturated carbocycles. The summed E-state index contributed by atoms with van der Waals surface area (Å²) in [5.41, 5.74) is 8.33. The minimum Gasteiger partial charge on any atom is -0.391 e. The number of allylic oxidation sites excluding steroid dienone is 2. The summed E-state index contributed by atoms with van der Waals surface area (Å²) in [7, 11) is -4.41. The van der Waals surface area contributed by atoms with Crippen LogP contribution in [-0.2, 0) is 18.2 Å². The Kier molecular flexibility index (Phi) is 5.16. The van der Waals surface area contributed by atoms with Gasteiger partial charge in [0, 0.05) is 10.8 Å². The summed E-state index contributed by atoms with van der Waals surface area (Å²) in [5, 5.41) is 9.53. The van der Waals surface area contributed by atoms with Crippen molar-refractivity contribution in [2.24, 2.45) is 5.73 Å². The normalized spacial score (nSPS) is 23.1. The summed E-state index contributed by atoms with van der Waals surface area (Å²) in [6, 6.07) is 2.10. The Morgan fingerprint density at radius 2 is 1.95 bits per heavy atom. The van der Waals surface area contributed by atoms with Crippen LogP contribution in [0.3, 0.4) is 0 Å². The van der Waals surface area contributed by atoms with Crippen molar-refractivity contribution in [2.45, 2.75) is 25.7 Å². The Labute approximate surface area is 131 Å². The van der Waals surface area contributed by atoms with Crippen LogP contribution in [-0.4, -0.2) is 26.0 Å². The van der Waals surface area contributed by atoms with Gasteiger partial charge < -0.3 is 5.73 Å². The van der Waals surface area contributed by atoms with Gasteiger partial charge in [-0.05, 0) is 43.1 Å². The Hall–Kier alpha value is -0.790. The summed E-state index contributed by atoms with van der Waals surface area (Å²) in [6.07, 6.45) is 5.46. The maximum Gasteiger partial charge on any atom is 0.410 e. The highest BCUT2D eigenvalue weighted by molar-refractivity contribution is 8.35. The number of nitrogens with zero attached hydrogens (tertiary/aromatic N) is 1. The van der Waals surface area contributed by atoms with E-state index in [1.807, 2.05) is 6.26 Å². The third kappa shape index (κ3) is 3.19. The Balaban J connectivity index is 2.65. The third-order valence-corrected chi connectivity index (χ3v) is 7.66. The second kappa shape index (κ2) is 6.54. The zero-order valence-electron chi connectivity index (χ0n) is 11.7. The van der Waals surface area contributed by atoms with Crippen molar-refractivity contribution in [3.05, 3.63) is 21.7 Å². The maximum absolute atomic E-state index is 11.6. The number of thioether (sulfide) groups is 1. The minimum atomic E-state index is -4.13. The van der Waals surface area contributed by atoms with E-state index in [4.69, 9.17) is 9.36 Å². The van der Waals surface area contributed by atoms with E-state index in [0.29, 0.717) is 5.57 Å². The molecule has 1 unspecified atom stereocenters. The fourth-order valence-corrected chi connectivity index (χ4v) is 6.39. The lowest BCUT2D eigenvalue weighted by Gasteiger charge is -2.28. The maximum atomic E-state index is 11.6. The molecule has 6 nitrogen and oxygen atoms in total. The Morgan fingerprint density at radius 1 is 1.33 bits per heavy atom. The van der Waals surface area contributed by atoms with Gasteiger partial charge in [0.05, 0.1) is 16.9 Å². The first-order valence-electron chi connectivity index (χ1n) is 6.23. The molecule has 0 saturated heterocycles. The molecule has 0 amide bonds. The van der Waals surface area contributed by atoms with E-state index in [1.54, 1.807) is 0 Å². The molecule has 21 heavy (non-hydrogen) atoms. The van der Waals surface area contributed by atoms with Gasteiger partial charge in [0.25, 0.3) is 0 Å². The first kappa shape index (κ1) is 16.6. The van der Waals surface area contributed by atoms with Crippen LogP contribution in [0.15, 0.2) is 21.7 Å². The monoisotopic (exact) mass is 348 g/mol.